The van der Waals surface area contributed by atoms with E-state index in [4.69, 9.17) is 5.73 Å². The summed E-state index contributed by atoms with van der Waals surface area (Å²) in [7, 11) is 0.497. The average molecular weight is 334 g/mol. The molecule has 21 heavy (non-hydrogen) atoms. The van der Waals surface area contributed by atoms with Crippen molar-refractivity contribution in [2.45, 2.75) is 36.2 Å². The van der Waals surface area contributed by atoms with Gasteiger partial charge in [0.25, 0.3) is 0 Å². The van der Waals surface area contributed by atoms with Crippen LogP contribution in [0.25, 0.3) is 0 Å². The summed E-state index contributed by atoms with van der Waals surface area (Å²) in [6.45, 7) is 1.11. The number of nitrogens with two attached hydrogens (primary N) is 1. The van der Waals surface area contributed by atoms with E-state index in [-0.39, 0.29) is 17.9 Å². The van der Waals surface area contributed by atoms with Gasteiger partial charge in [-0.25, -0.2) is 13.1 Å². The van der Waals surface area contributed by atoms with Crippen LogP contribution < -0.4 is 10.5 Å². The molecule has 0 aromatic heterocycles. The minimum Gasteiger partial charge on any atom is -0.324 e. The van der Waals surface area contributed by atoms with Crippen molar-refractivity contribution in [1.82, 2.24) is 9.62 Å². The molecular weight excluding hydrogens is 310 g/mol. The molecule has 0 saturated heterocycles. The van der Waals surface area contributed by atoms with Crippen LogP contribution in [0.4, 0.5) is 0 Å². The Balaban J connectivity index is 0.00000220. The first kappa shape index (κ1) is 18.4. The van der Waals surface area contributed by atoms with E-state index < -0.39 is 10.0 Å². The molecule has 1 aliphatic carbocycles. The van der Waals surface area contributed by atoms with Crippen LogP contribution in [0.5, 0.6) is 0 Å². The topological polar surface area (TPSA) is 75.4 Å². The van der Waals surface area contributed by atoms with Crippen LogP contribution in [0, 0.1) is 0 Å². The van der Waals surface area contributed by atoms with E-state index in [0.717, 1.165) is 31.4 Å². The third-order valence-electron chi connectivity index (χ3n) is 3.70. The van der Waals surface area contributed by atoms with Gasteiger partial charge in [-0.1, -0.05) is 12.1 Å². The first-order chi connectivity index (χ1) is 9.31. The van der Waals surface area contributed by atoms with Crippen molar-refractivity contribution in [3.8, 4) is 0 Å². The van der Waals surface area contributed by atoms with Crippen LogP contribution in [0.15, 0.2) is 29.2 Å². The van der Waals surface area contributed by atoms with Crippen LogP contribution >= 0.6 is 12.4 Å². The summed E-state index contributed by atoms with van der Waals surface area (Å²) < 4.78 is 27.0. The van der Waals surface area contributed by atoms with E-state index in [2.05, 4.69) is 4.72 Å². The van der Waals surface area contributed by atoms with Crippen molar-refractivity contribution < 1.29 is 8.42 Å². The zero-order valence-corrected chi connectivity index (χ0v) is 14.1. The van der Waals surface area contributed by atoms with Gasteiger partial charge in [-0.05, 0) is 51.1 Å². The fraction of sp³-hybridized carbons (Fsp3) is 0.571. The highest BCUT2D eigenvalue weighted by Gasteiger charge is 2.33. The van der Waals surface area contributed by atoms with Gasteiger partial charge in [-0.3, -0.25) is 0 Å². The highest BCUT2D eigenvalue weighted by atomic mass is 35.5. The highest BCUT2D eigenvalue weighted by Crippen LogP contribution is 2.28. The summed E-state index contributed by atoms with van der Waals surface area (Å²) in [5, 5.41) is 0. The minimum absolute atomic E-state index is 0. The second kappa shape index (κ2) is 7.07. The van der Waals surface area contributed by atoms with Gasteiger partial charge in [0.1, 0.15) is 0 Å². The Bertz CT molecular complexity index is 554. The molecule has 0 aliphatic heterocycles. The summed E-state index contributed by atoms with van der Waals surface area (Å²) in [5.41, 5.74) is 6.77. The van der Waals surface area contributed by atoms with Gasteiger partial charge in [0.05, 0.1) is 4.90 Å². The maximum atomic E-state index is 12.2. The van der Waals surface area contributed by atoms with E-state index in [1.807, 2.05) is 31.1 Å². The van der Waals surface area contributed by atoms with Gasteiger partial charge in [0.15, 0.2) is 0 Å². The summed E-state index contributed by atoms with van der Waals surface area (Å²) in [6, 6.07) is 6.97. The monoisotopic (exact) mass is 333 g/mol. The molecule has 3 N–H and O–H groups in total. The fourth-order valence-corrected chi connectivity index (χ4v) is 3.41. The predicted molar refractivity (Wildman–Crippen MR) is 87.0 cm³/mol. The van der Waals surface area contributed by atoms with Crippen molar-refractivity contribution in [3.05, 3.63) is 29.8 Å². The number of sulfonamides is 1. The molecule has 2 rings (SSSR count). The molecule has 0 unspecified atom stereocenters. The zero-order chi connectivity index (χ0) is 14.8. The summed E-state index contributed by atoms with van der Waals surface area (Å²) in [5.74, 6) is 0. The Morgan fingerprint density at radius 3 is 2.24 bits per heavy atom. The molecule has 5 nitrogen and oxygen atoms in total. The maximum absolute atomic E-state index is 12.2. The van der Waals surface area contributed by atoms with Crippen molar-refractivity contribution in [3.63, 3.8) is 0 Å². The molecular formula is C14H24ClN3O2S. The molecule has 7 heteroatoms. The summed E-state index contributed by atoms with van der Waals surface area (Å²) in [6.07, 6.45) is 2.85. The van der Waals surface area contributed by atoms with Crippen molar-refractivity contribution in [2.75, 3.05) is 20.6 Å². The first-order valence-electron chi connectivity index (χ1n) is 6.83. The SMILES string of the molecule is CN(C)Cc1ccc(S(=O)(=O)NCC2(N)CCC2)cc1.Cl. The van der Waals surface area contributed by atoms with E-state index in [1.54, 1.807) is 12.1 Å². The summed E-state index contributed by atoms with van der Waals surface area (Å²) in [4.78, 5) is 2.33. The van der Waals surface area contributed by atoms with Gasteiger partial charge >= 0.3 is 0 Å². The minimum atomic E-state index is -3.46. The number of rotatable bonds is 6. The second-order valence-corrected chi connectivity index (χ2v) is 7.69. The second-order valence-electron chi connectivity index (χ2n) is 5.92. The van der Waals surface area contributed by atoms with Gasteiger partial charge in [0, 0.05) is 18.6 Å². The molecule has 0 bridgehead atoms. The Kier molecular flexibility index (Phi) is 6.19. The largest absolute Gasteiger partial charge is 0.324 e. The third-order valence-corrected chi connectivity index (χ3v) is 5.11. The third kappa shape index (κ3) is 4.93. The average Bonchev–Trinajstić information content (AvgIpc) is 2.34. The number of hydrogen-bond donors (Lipinski definition) is 2. The smallest absolute Gasteiger partial charge is 0.240 e. The van der Waals surface area contributed by atoms with Crippen LogP contribution in [0.2, 0.25) is 0 Å². The Hall–Kier alpha value is -0.660. The number of halogens is 1. The number of nitrogens with one attached hydrogen (secondary N) is 1. The molecule has 0 heterocycles. The number of hydrogen-bond acceptors (Lipinski definition) is 4. The van der Waals surface area contributed by atoms with Gasteiger partial charge < -0.3 is 10.6 Å². The van der Waals surface area contributed by atoms with E-state index in [0.29, 0.717) is 11.4 Å². The normalized spacial score (nSPS) is 17.1. The molecule has 1 saturated carbocycles. The lowest BCUT2D eigenvalue weighted by atomic mass is 9.78. The molecule has 1 aromatic rings. The van der Waals surface area contributed by atoms with Crippen molar-refractivity contribution in [2.24, 2.45) is 5.73 Å². The number of benzene rings is 1. The fourth-order valence-electron chi connectivity index (χ4n) is 2.27. The summed E-state index contributed by atoms with van der Waals surface area (Å²) >= 11 is 0. The molecule has 120 valence electrons. The lowest BCUT2D eigenvalue weighted by Gasteiger charge is -2.38. The number of nitrogens with zero attached hydrogens (tertiary/aromatic N) is 1. The predicted octanol–water partition coefficient (Wildman–Crippen LogP) is 1.33. The lowest BCUT2D eigenvalue weighted by molar-refractivity contribution is 0.251. The van der Waals surface area contributed by atoms with E-state index in [1.165, 1.54) is 0 Å². The van der Waals surface area contributed by atoms with E-state index >= 15 is 0 Å². The van der Waals surface area contributed by atoms with Gasteiger partial charge in [-0.2, -0.15) is 0 Å². The standard InChI is InChI=1S/C14H23N3O2S.ClH/c1-17(2)10-12-4-6-13(7-5-12)20(18,19)16-11-14(15)8-3-9-14;/h4-7,16H,3,8-11,15H2,1-2H3;1H. The Morgan fingerprint density at radius 1 is 1.24 bits per heavy atom. The lowest BCUT2D eigenvalue weighted by Crippen LogP contribution is -2.54. The molecule has 0 radical (unpaired) electrons. The molecule has 0 atom stereocenters. The Labute approximate surface area is 133 Å². The maximum Gasteiger partial charge on any atom is 0.240 e. The first-order valence-corrected chi connectivity index (χ1v) is 8.31. The van der Waals surface area contributed by atoms with Gasteiger partial charge in [-0.15, -0.1) is 12.4 Å². The Morgan fingerprint density at radius 2 is 1.81 bits per heavy atom. The molecule has 0 spiro atoms. The van der Waals surface area contributed by atoms with E-state index in [9.17, 15) is 8.42 Å². The van der Waals surface area contributed by atoms with Crippen LogP contribution in [-0.4, -0.2) is 39.5 Å². The van der Waals surface area contributed by atoms with Crippen LogP contribution in [0.3, 0.4) is 0 Å². The van der Waals surface area contributed by atoms with Crippen molar-refractivity contribution in [1.29, 1.82) is 0 Å². The van der Waals surface area contributed by atoms with Crippen LogP contribution in [-0.2, 0) is 16.6 Å². The quantitative estimate of drug-likeness (QED) is 0.823. The molecule has 1 aliphatic rings. The highest BCUT2D eigenvalue weighted by molar-refractivity contribution is 7.89. The zero-order valence-electron chi connectivity index (χ0n) is 12.5. The molecule has 1 aromatic carbocycles. The molecule has 1 fully saturated rings. The van der Waals surface area contributed by atoms with Gasteiger partial charge in [0.2, 0.25) is 10.0 Å². The molecule has 0 amide bonds. The van der Waals surface area contributed by atoms with Crippen LogP contribution in [0.1, 0.15) is 24.8 Å². The van der Waals surface area contributed by atoms with Crippen molar-refractivity contribution >= 4 is 22.4 Å².